The molecule has 94 valence electrons. The molecule has 17 heavy (non-hydrogen) atoms. The third-order valence-corrected chi connectivity index (χ3v) is 2.48. The number of likely N-dealkylation sites (N-methyl/N-ethyl adjacent to an activating group) is 1. The molecule has 0 radical (unpaired) electrons. The first kappa shape index (κ1) is 13.3. The Bertz CT molecular complexity index is 375. The number of amides is 2. The van der Waals surface area contributed by atoms with Gasteiger partial charge in [-0.25, -0.2) is 0 Å². The number of carbonyl (C=O) groups excluding carboxylic acids is 2. The van der Waals surface area contributed by atoms with Crippen molar-refractivity contribution in [3.05, 3.63) is 0 Å². The number of nitrogens with zero attached hydrogens (tertiary/aromatic N) is 3. The molecule has 1 aliphatic heterocycles. The molecule has 1 heterocycles. The van der Waals surface area contributed by atoms with Crippen LogP contribution in [0.15, 0.2) is 0 Å². The third kappa shape index (κ3) is 2.87. The van der Waals surface area contributed by atoms with Crippen LogP contribution in [0.3, 0.4) is 0 Å². The zero-order valence-corrected chi connectivity index (χ0v) is 8.99. The average Bonchev–Trinajstić information content (AvgIpc) is 2.23. The van der Waals surface area contributed by atoms with Crippen LogP contribution >= 0.6 is 0 Å². The van der Waals surface area contributed by atoms with Gasteiger partial charge in [0.15, 0.2) is 5.92 Å². The van der Waals surface area contributed by atoms with Crippen molar-refractivity contribution in [1.29, 1.82) is 5.26 Å². The van der Waals surface area contributed by atoms with Crippen molar-refractivity contribution in [1.82, 2.24) is 9.80 Å². The van der Waals surface area contributed by atoms with Crippen molar-refractivity contribution in [2.24, 2.45) is 5.92 Å². The van der Waals surface area contributed by atoms with Crippen LogP contribution in [0.2, 0.25) is 0 Å². The van der Waals surface area contributed by atoms with Gasteiger partial charge < -0.3 is 9.80 Å². The standard InChI is InChI=1S/C9H10F3N3O2/c1-14-2-3-15(8(17)7(14)16)5-6(4-13)9(10,11)12/h6H,2-3,5H2,1H3. The summed E-state index contributed by atoms with van der Waals surface area (Å²) in [5.41, 5.74) is 0. The van der Waals surface area contributed by atoms with E-state index >= 15 is 0 Å². The summed E-state index contributed by atoms with van der Waals surface area (Å²) >= 11 is 0. The van der Waals surface area contributed by atoms with Gasteiger partial charge in [0.05, 0.1) is 6.07 Å². The van der Waals surface area contributed by atoms with Crippen LogP contribution in [0.25, 0.3) is 0 Å². The highest BCUT2D eigenvalue weighted by Crippen LogP contribution is 2.26. The first-order chi connectivity index (χ1) is 7.77. The zero-order valence-electron chi connectivity index (χ0n) is 8.99. The van der Waals surface area contributed by atoms with E-state index < -0.39 is 30.5 Å². The van der Waals surface area contributed by atoms with Gasteiger partial charge in [0.25, 0.3) is 0 Å². The molecule has 1 aliphatic rings. The molecule has 5 nitrogen and oxygen atoms in total. The summed E-state index contributed by atoms with van der Waals surface area (Å²) in [6.07, 6.45) is -4.69. The Kier molecular flexibility index (Phi) is 3.60. The number of alkyl halides is 3. The van der Waals surface area contributed by atoms with E-state index in [4.69, 9.17) is 5.26 Å². The molecule has 0 aromatic carbocycles. The van der Waals surface area contributed by atoms with Crippen LogP contribution in [-0.2, 0) is 9.59 Å². The predicted molar refractivity (Wildman–Crippen MR) is 49.4 cm³/mol. The van der Waals surface area contributed by atoms with E-state index in [1.54, 1.807) is 0 Å². The van der Waals surface area contributed by atoms with Gasteiger partial charge in [0, 0.05) is 26.7 Å². The van der Waals surface area contributed by atoms with Crippen LogP contribution in [0, 0.1) is 17.2 Å². The monoisotopic (exact) mass is 249 g/mol. The van der Waals surface area contributed by atoms with Gasteiger partial charge in [0.1, 0.15) is 0 Å². The second-order valence-corrected chi connectivity index (χ2v) is 3.70. The lowest BCUT2D eigenvalue weighted by molar-refractivity contribution is -0.171. The van der Waals surface area contributed by atoms with Crippen molar-refractivity contribution >= 4 is 11.8 Å². The topological polar surface area (TPSA) is 64.4 Å². The van der Waals surface area contributed by atoms with E-state index in [0.717, 1.165) is 15.9 Å². The number of halogens is 3. The Labute approximate surface area is 95.4 Å². The fraction of sp³-hybridized carbons (Fsp3) is 0.667. The Morgan fingerprint density at radius 2 is 1.94 bits per heavy atom. The SMILES string of the molecule is CN1CCN(CC(C#N)C(F)(F)F)C(=O)C1=O. The van der Waals surface area contributed by atoms with Crippen LogP contribution in [0.1, 0.15) is 0 Å². The van der Waals surface area contributed by atoms with Crippen LogP contribution in [-0.4, -0.2) is 54.5 Å². The number of nitriles is 1. The number of rotatable bonds is 2. The van der Waals surface area contributed by atoms with Gasteiger partial charge in [-0.3, -0.25) is 9.59 Å². The molecule has 1 fully saturated rings. The lowest BCUT2D eigenvalue weighted by Crippen LogP contribution is -2.54. The highest BCUT2D eigenvalue weighted by molar-refractivity contribution is 6.35. The molecule has 1 atom stereocenters. The Balaban J connectivity index is 2.73. The smallest absolute Gasteiger partial charge is 0.336 e. The lowest BCUT2D eigenvalue weighted by Gasteiger charge is -2.32. The van der Waals surface area contributed by atoms with Crippen LogP contribution < -0.4 is 0 Å². The van der Waals surface area contributed by atoms with E-state index in [1.807, 2.05) is 0 Å². The van der Waals surface area contributed by atoms with Gasteiger partial charge in [-0.05, 0) is 0 Å². The number of hydrogen-bond acceptors (Lipinski definition) is 3. The fourth-order valence-electron chi connectivity index (χ4n) is 1.38. The number of hydrogen-bond donors (Lipinski definition) is 0. The van der Waals surface area contributed by atoms with Crippen LogP contribution in [0.4, 0.5) is 13.2 Å². The molecule has 0 aromatic rings. The minimum Gasteiger partial charge on any atom is -0.336 e. The largest absolute Gasteiger partial charge is 0.406 e. The van der Waals surface area contributed by atoms with Gasteiger partial charge >= 0.3 is 18.0 Å². The number of carbonyl (C=O) groups is 2. The van der Waals surface area contributed by atoms with Gasteiger partial charge in [-0.15, -0.1) is 0 Å². The van der Waals surface area contributed by atoms with Crippen molar-refractivity contribution in [2.75, 3.05) is 26.7 Å². The van der Waals surface area contributed by atoms with Gasteiger partial charge in [0.2, 0.25) is 0 Å². The van der Waals surface area contributed by atoms with E-state index in [1.165, 1.54) is 7.05 Å². The summed E-state index contributed by atoms with van der Waals surface area (Å²) in [6.45, 7) is -0.617. The van der Waals surface area contributed by atoms with Gasteiger partial charge in [-0.1, -0.05) is 0 Å². The normalized spacial score (nSPS) is 19.2. The summed E-state index contributed by atoms with van der Waals surface area (Å²) in [5.74, 6) is -4.11. The molecule has 8 heteroatoms. The predicted octanol–water partition coefficient (Wildman–Crippen LogP) is -0.0109. The van der Waals surface area contributed by atoms with E-state index in [0.29, 0.717) is 0 Å². The molecule has 2 amide bonds. The maximum absolute atomic E-state index is 12.3. The van der Waals surface area contributed by atoms with Crippen molar-refractivity contribution < 1.29 is 22.8 Å². The van der Waals surface area contributed by atoms with Gasteiger partial charge in [-0.2, -0.15) is 18.4 Å². The molecule has 0 spiro atoms. The van der Waals surface area contributed by atoms with E-state index in [9.17, 15) is 22.8 Å². The Morgan fingerprint density at radius 3 is 2.41 bits per heavy atom. The molecule has 0 saturated carbocycles. The zero-order chi connectivity index (χ0) is 13.2. The maximum atomic E-state index is 12.3. The average molecular weight is 249 g/mol. The van der Waals surface area contributed by atoms with E-state index in [2.05, 4.69) is 0 Å². The van der Waals surface area contributed by atoms with Crippen LogP contribution in [0.5, 0.6) is 0 Å². The summed E-state index contributed by atoms with van der Waals surface area (Å²) in [7, 11) is 1.39. The van der Waals surface area contributed by atoms with Crippen molar-refractivity contribution in [3.8, 4) is 6.07 Å². The highest BCUT2D eigenvalue weighted by Gasteiger charge is 2.43. The quantitative estimate of drug-likeness (QED) is 0.646. The maximum Gasteiger partial charge on any atom is 0.406 e. The first-order valence-corrected chi connectivity index (χ1v) is 4.78. The molecule has 0 aromatic heterocycles. The van der Waals surface area contributed by atoms with Crippen molar-refractivity contribution in [3.63, 3.8) is 0 Å². The molecular weight excluding hydrogens is 239 g/mol. The molecule has 1 rings (SSSR count). The molecule has 1 saturated heterocycles. The molecule has 0 N–H and O–H groups in total. The molecule has 0 bridgehead atoms. The second kappa shape index (κ2) is 4.61. The fourth-order valence-corrected chi connectivity index (χ4v) is 1.38. The molecular formula is C9H10F3N3O2. The first-order valence-electron chi connectivity index (χ1n) is 4.78. The van der Waals surface area contributed by atoms with Crippen molar-refractivity contribution in [2.45, 2.75) is 6.18 Å². The Hall–Kier alpha value is -1.78. The summed E-state index contributed by atoms with van der Waals surface area (Å²) in [4.78, 5) is 24.5. The molecule has 1 unspecified atom stereocenters. The van der Waals surface area contributed by atoms with E-state index in [-0.39, 0.29) is 13.1 Å². The summed E-state index contributed by atoms with van der Waals surface area (Å²) < 4.78 is 37.0. The number of piperazine rings is 1. The molecule has 0 aliphatic carbocycles. The minimum absolute atomic E-state index is 0.00926. The summed E-state index contributed by atoms with van der Waals surface area (Å²) in [6, 6.07) is 1.09. The second-order valence-electron chi connectivity index (χ2n) is 3.70. The highest BCUT2D eigenvalue weighted by atomic mass is 19.4. The Morgan fingerprint density at radius 1 is 1.35 bits per heavy atom. The third-order valence-electron chi connectivity index (χ3n) is 2.48. The lowest BCUT2D eigenvalue weighted by atomic mass is 10.1. The minimum atomic E-state index is -4.69. The summed E-state index contributed by atoms with van der Waals surface area (Å²) in [5, 5.41) is 8.39.